The SMILES string of the molecule is Cc1nc(Nc2ccc3nc[nH]c3c2)ccc1N. The molecule has 0 fully saturated rings. The number of nitrogens with two attached hydrogens (primary N) is 1. The van der Waals surface area contributed by atoms with Crippen molar-refractivity contribution >= 4 is 28.2 Å². The van der Waals surface area contributed by atoms with Crippen LogP contribution >= 0.6 is 0 Å². The van der Waals surface area contributed by atoms with Crippen molar-refractivity contribution in [2.45, 2.75) is 6.92 Å². The van der Waals surface area contributed by atoms with E-state index < -0.39 is 0 Å². The van der Waals surface area contributed by atoms with E-state index in [9.17, 15) is 0 Å². The number of aryl methyl sites for hydroxylation is 1. The molecule has 5 heteroatoms. The van der Waals surface area contributed by atoms with Gasteiger partial charge in [0.25, 0.3) is 0 Å². The Kier molecular flexibility index (Phi) is 2.37. The summed E-state index contributed by atoms with van der Waals surface area (Å²) in [6, 6.07) is 9.63. The molecule has 0 aliphatic heterocycles. The summed E-state index contributed by atoms with van der Waals surface area (Å²) < 4.78 is 0. The molecule has 4 N–H and O–H groups in total. The van der Waals surface area contributed by atoms with Crippen LogP contribution < -0.4 is 11.1 Å². The minimum absolute atomic E-state index is 0.699. The molecule has 0 saturated carbocycles. The van der Waals surface area contributed by atoms with Crippen LogP contribution in [0.1, 0.15) is 5.69 Å². The Bertz CT molecular complexity index is 701. The van der Waals surface area contributed by atoms with Crippen LogP contribution in [0.25, 0.3) is 11.0 Å². The van der Waals surface area contributed by atoms with Gasteiger partial charge in [0.05, 0.1) is 28.7 Å². The Hall–Kier alpha value is -2.56. The lowest BCUT2D eigenvalue weighted by atomic mass is 10.2. The third-order valence-corrected chi connectivity index (χ3v) is 2.82. The topological polar surface area (TPSA) is 79.6 Å². The van der Waals surface area contributed by atoms with E-state index in [0.717, 1.165) is 28.2 Å². The largest absolute Gasteiger partial charge is 0.397 e. The number of hydrogen-bond acceptors (Lipinski definition) is 4. The van der Waals surface area contributed by atoms with Gasteiger partial charge >= 0.3 is 0 Å². The summed E-state index contributed by atoms with van der Waals surface area (Å²) >= 11 is 0. The van der Waals surface area contributed by atoms with Gasteiger partial charge in [-0.25, -0.2) is 9.97 Å². The van der Waals surface area contributed by atoms with E-state index in [0.29, 0.717) is 5.69 Å². The van der Waals surface area contributed by atoms with E-state index in [1.807, 2.05) is 37.3 Å². The van der Waals surface area contributed by atoms with Crippen molar-refractivity contribution in [2.24, 2.45) is 0 Å². The average molecular weight is 239 g/mol. The van der Waals surface area contributed by atoms with Crippen LogP contribution in [0.5, 0.6) is 0 Å². The highest BCUT2D eigenvalue weighted by molar-refractivity contribution is 5.79. The van der Waals surface area contributed by atoms with E-state index in [4.69, 9.17) is 5.73 Å². The van der Waals surface area contributed by atoms with E-state index in [-0.39, 0.29) is 0 Å². The monoisotopic (exact) mass is 239 g/mol. The maximum absolute atomic E-state index is 5.74. The van der Waals surface area contributed by atoms with Gasteiger partial charge in [0.15, 0.2) is 0 Å². The summed E-state index contributed by atoms with van der Waals surface area (Å²) in [5, 5.41) is 3.24. The second-order valence-corrected chi connectivity index (χ2v) is 4.13. The molecule has 0 atom stereocenters. The molecule has 3 rings (SSSR count). The number of aromatic amines is 1. The van der Waals surface area contributed by atoms with Gasteiger partial charge in [-0.05, 0) is 37.3 Å². The zero-order valence-electron chi connectivity index (χ0n) is 9.94. The van der Waals surface area contributed by atoms with Gasteiger partial charge in [0.1, 0.15) is 5.82 Å². The molecule has 0 bridgehead atoms. The number of aromatic nitrogens is 3. The van der Waals surface area contributed by atoms with Gasteiger partial charge in [-0.3, -0.25) is 0 Å². The average Bonchev–Trinajstić information content (AvgIpc) is 2.81. The first-order valence-corrected chi connectivity index (χ1v) is 5.66. The molecule has 0 amide bonds. The minimum atomic E-state index is 0.699. The zero-order valence-corrected chi connectivity index (χ0v) is 9.94. The molecule has 0 unspecified atom stereocenters. The van der Waals surface area contributed by atoms with E-state index in [1.54, 1.807) is 6.33 Å². The fraction of sp³-hybridized carbons (Fsp3) is 0.0769. The minimum Gasteiger partial charge on any atom is -0.397 e. The summed E-state index contributed by atoms with van der Waals surface area (Å²) in [5.74, 6) is 0.778. The Balaban J connectivity index is 1.92. The lowest BCUT2D eigenvalue weighted by Crippen LogP contribution is -1.98. The van der Waals surface area contributed by atoms with Crippen molar-refractivity contribution in [1.82, 2.24) is 15.0 Å². The predicted molar refractivity (Wildman–Crippen MR) is 72.8 cm³/mol. The summed E-state index contributed by atoms with van der Waals surface area (Å²) in [6.45, 7) is 1.89. The van der Waals surface area contributed by atoms with Crippen LogP contribution in [-0.4, -0.2) is 15.0 Å². The van der Waals surface area contributed by atoms with Crippen LogP contribution in [-0.2, 0) is 0 Å². The van der Waals surface area contributed by atoms with E-state index in [2.05, 4.69) is 20.3 Å². The molecular formula is C13H13N5. The number of hydrogen-bond donors (Lipinski definition) is 3. The second kappa shape index (κ2) is 4.03. The van der Waals surface area contributed by atoms with Gasteiger partial charge < -0.3 is 16.0 Å². The maximum atomic E-state index is 5.74. The van der Waals surface area contributed by atoms with Crippen molar-refractivity contribution in [3.8, 4) is 0 Å². The first-order chi connectivity index (χ1) is 8.72. The molecule has 18 heavy (non-hydrogen) atoms. The second-order valence-electron chi connectivity index (χ2n) is 4.13. The van der Waals surface area contributed by atoms with Crippen molar-refractivity contribution in [3.63, 3.8) is 0 Å². The first kappa shape index (κ1) is 10.6. The Morgan fingerprint density at radius 3 is 2.94 bits per heavy atom. The van der Waals surface area contributed by atoms with Crippen molar-refractivity contribution in [2.75, 3.05) is 11.1 Å². The number of nitrogen functional groups attached to an aromatic ring is 1. The highest BCUT2D eigenvalue weighted by Crippen LogP contribution is 2.20. The van der Waals surface area contributed by atoms with Crippen LogP contribution in [0.3, 0.4) is 0 Å². The van der Waals surface area contributed by atoms with Crippen molar-refractivity contribution < 1.29 is 0 Å². The van der Waals surface area contributed by atoms with Gasteiger partial charge in [-0.2, -0.15) is 0 Å². The lowest BCUT2D eigenvalue weighted by Gasteiger charge is -2.07. The summed E-state index contributed by atoms with van der Waals surface area (Å²) in [7, 11) is 0. The standard InChI is InChI=1S/C13H13N5/c1-8-10(14)3-5-13(17-8)18-9-2-4-11-12(6-9)16-7-15-11/h2-7H,14H2,1H3,(H,15,16)(H,17,18). The summed E-state index contributed by atoms with van der Waals surface area (Å²) in [5.41, 5.74) is 10.2. The number of fused-ring (bicyclic) bond motifs is 1. The Morgan fingerprint density at radius 1 is 1.22 bits per heavy atom. The number of nitrogens with zero attached hydrogens (tertiary/aromatic N) is 2. The van der Waals surface area contributed by atoms with Crippen LogP contribution in [0.2, 0.25) is 0 Å². The number of anilines is 3. The zero-order chi connectivity index (χ0) is 12.5. The maximum Gasteiger partial charge on any atom is 0.130 e. The van der Waals surface area contributed by atoms with Gasteiger partial charge in [0.2, 0.25) is 0 Å². The molecule has 5 nitrogen and oxygen atoms in total. The molecular weight excluding hydrogens is 226 g/mol. The van der Waals surface area contributed by atoms with Crippen LogP contribution in [0.15, 0.2) is 36.7 Å². The third-order valence-electron chi connectivity index (χ3n) is 2.82. The number of H-pyrrole nitrogens is 1. The summed E-state index contributed by atoms with van der Waals surface area (Å²) in [6.07, 6.45) is 1.68. The molecule has 0 aliphatic rings. The molecule has 0 spiro atoms. The Labute approximate surface area is 104 Å². The summed E-state index contributed by atoms with van der Waals surface area (Å²) in [4.78, 5) is 11.6. The van der Waals surface area contributed by atoms with Crippen molar-refractivity contribution in [1.29, 1.82) is 0 Å². The first-order valence-electron chi connectivity index (χ1n) is 5.66. The molecule has 1 aromatic carbocycles. The fourth-order valence-electron chi connectivity index (χ4n) is 1.80. The van der Waals surface area contributed by atoms with E-state index in [1.165, 1.54) is 0 Å². The van der Waals surface area contributed by atoms with Crippen LogP contribution in [0, 0.1) is 6.92 Å². The highest BCUT2D eigenvalue weighted by Gasteiger charge is 2.01. The molecule has 2 aromatic heterocycles. The van der Waals surface area contributed by atoms with E-state index >= 15 is 0 Å². The number of benzene rings is 1. The molecule has 0 radical (unpaired) electrons. The number of nitrogens with one attached hydrogen (secondary N) is 2. The van der Waals surface area contributed by atoms with Gasteiger partial charge in [-0.15, -0.1) is 0 Å². The number of imidazole rings is 1. The van der Waals surface area contributed by atoms with Crippen molar-refractivity contribution in [3.05, 3.63) is 42.4 Å². The predicted octanol–water partition coefficient (Wildman–Crippen LogP) is 2.59. The Morgan fingerprint density at radius 2 is 2.11 bits per heavy atom. The molecule has 90 valence electrons. The molecule has 0 saturated heterocycles. The number of pyridine rings is 1. The highest BCUT2D eigenvalue weighted by atomic mass is 15.0. The fourth-order valence-corrected chi connectivity index (χ4v) is 1.80. The smallest absolute Gasteiger partial charge is 0.130 e. The van der Waals surface area contributed by atoms with Gasteiger partial charge in [-0.1, -0.05) is 0 Å². The number of rotatable bonds is 2. The molecule has 2 heterocycles. The molecule has 3 aromatic rings. The lowest BCUT2D eigenvalue weighted by molar-refractivity contribution is 1.20. The van der Waals surface area contributed by atoms with Gasteiger partial charge in [0, 0.05) is 5.69 Å². The van der Waals surface area contributed by atoms with Crippen LogP contribution in [0.4, 0.5) is 17.2 Å². The quantitative estimate of drug-likeness (QED) is 0.642. The normalized spacial score (nSPS) is 10.7. The molecule has 0 aliphatic carbocycles. The third kappa shape index (κ3) is 1.86.